The average Bonchev–Trinajstić information content (AvgIpc) is 2.33. The summed E-state index contributed by atoms with van der Waals surface area (Å²) in [6.45, 7) is 0.171. The van der Waals surface area contributed by atoms with Crippen LogP contribution in [0.4, 0.5) is 0 Å². The van der Waals surface area contributed by atoms with Crippen molar-refractivity contribution in [1.29, 1.82) is 0 Å². The molecule has 1 aromatic carbocycles. The van der Waals surface area contributed by atoms with Gasteiger partial charge in [-0.15, -0.1) is 0 Å². The minimum absolute atomic E-state index is 0.171. The van der Waals surface area contributed by atoms with Crippen LogP contribution < -0.4 is 11.3 Å². The largest absolute Gasteiger partial charge is 0.326 e. The second-order valence-corrected chi connectivity index (χ2v) is 4.64. The Bertz CT molecular complexity index is 625. The van der Waals surface area contributed by atoms with Gasteiger partial charge in [-0.2, -0.15) is 0 Å². The molecule has 0 unspecified atom stereocenters. The minimum atomic E-state index is -0.215. The molecular weight excluding hydrogens is 273 g/mol. The van der Waals surface area contributed by atoms with E-state index in [9.17, 15) is 4.79 Å². The third-order valence-corrected chi connectivity index (χ3v) is 3.11. The lowest BCUT2D eigenvalue weighted by Crippen LogP contribution is -2.18. The summed E-state index contributed by atoms with van der Waals surface area (Å²) in [5.74, 6) is 0.543. The number of hydrogen-bond acceptors (Lipinski definition) is 3. The summed E-state index contributed by atoms with van der Waals surface area (Å²) in [6.07, 6.45) is 1.92. The van der Waals surface area contributed by atoms with Gasteiger partial charge in [0.15, 0.2) is 0 Å². The van der Waals surface area contributed by atoms with E-state index in [0.29, 0.717) is 27.9 Å². The molecule has 0 radical (unpaired) electrons. The first-order valence-corrected chi connectivity index (χ1v) is 6.07. The number of H-pyrrole nitrogens is 1. The molecule has 2 aromatic rings. The Morgan fingerprint density at radius 3 is 2.67 bits per heavy atom. The number of rotatable bonds is 3. The van der Waals surface area contributed by atoms with E-state index in [4.69, 9.17) is 28.9 Å². The lowest BCUT2D eigenvalue weighted by molar-refractivity contribution is 0.898. The van der Waals surface area contributed by atoms with Crippen molar-refractivity contribution < 1.29 is 0 Å². The molecule has 0 saturated heterocycles. The molecule has 4 nitrogen and oxygen atoms in total. The molecule has 0 aliphatic rings. The number of nitrogens with two attached hydrogens (primary N) is 1. The summed E-state index contributed by atoms with van der Waals surface area (Å²) in [7, 11) is 0. The molecule has 0 spiro atoms. The SMILES string of the molecule is NCc1cnc(Cc2ccc(Cl)cc2Cl)[nH]c1=O. The van der Waals surface area contributed by atoms with Crippen LogP contribution >= 0.6 is 23.2 Å². The maximum Gasteiger partial charge on any atom is 0.255 e. The number of hydrogen-bond donors (Lipinski definition) is 2. The van der Waals surface area contributed by atoms with Crippen LogP contribution in [0.5, 0.6) is 0 Å². The second-order valence-electron chi connectivity index (χ2n) is 3.80. The molecule has 0 aliphatic heterocycles. The van der Waals surface area contributed by atoms with Gasteiger partial charge in [-0.3, -0.25) is 4.79 Å². The highest BCUT2D eigenvalue weighted by Gasteiger charge is 2.06. The normalized spacial score (nSPS) is 10.6. The Labute approximate surface area is 114 Å². The van der Waals surface area contributed by atoms with Crippen molar-refractivity contribution in [2.75, 3.05) is 0 Å². The quantitative estimate of drug-likeness (QED) is 0.906. The Morgan fingerprint density at radius 1 is 1.28 bits per heavy atom. The molecule has 3 N–H and O–H groups in total. The second kappa shape index (κ2) is 5.52. The van der Waals surface area contributed by atoms with Crippen molar-refractivity contribution in [3.05, 3.63) is 61.7 Å². The van der Waals surface area contributed by atoms with Gasteiger partial charge in [-0.25, -0.2) is 4.98 Å². The Hall–Kier alpha value is -1.36. The summed E-state index contributed by atoms with van der Waals surface area (Å²) >= 11 is 11.9. The zero-order chi connectivity index (χ0) is 13.1. The third-order valence-electron chi connectivity index (χ3n) is 2.52. The Kier molecular flexibility index (Phi) is 4.01. The smallest absolute Gasteiger partial charge is 0.255 e. The highest BCUT2D eigenvalue weighted by molar-refractivity contribution is 6.35. The van der Waals surface area contributed by atoms with E-state index < -0.39 is 0 Å². The summed E-state index contributed by atoms with van der Waals surface area (Å²) in [6, 6.07) is 5.21. The van der Waals surface area contributed by atoms with Crippen LogP contribution in [0.3, 0.4) is 0 Å². The van der Waals surface area contributed by atoms with Gasteiger partial charge in [0.05, 0.1) is 0 Å². The standard InChI is InChI=1S/C12H11Cl2N3O/c13-9-2-1-7(10(14)4-9)3-11-16-6-8(5-15)12(18)17-11/h1-2,4,6H,3,5,15H2,(H,16,17,18). The predicted octanol–water partition coefficient (Wildman–Crippen LogP) is 2.13. The number of nitrogens with zero attached hydrogens (tertiary/aromatic N) is 1. The molecule has 0 fully saturated rings. The molecule has 1 aromatic heterocycles. The first kappa shape index (κ1) is 13.1. The molecule has 0 aliphatic carbocycles. The molecule has 2 rings (SSSR count). The van der Waals surface area contributed by atoms with Gasteiger partial charge in [0, 0.05) is 34.8 Å². The fourth-order valence-corrected chi connectivity index (χ4v) is 2.01. The van der Waals surface area contributed by atoms with Crippen molar-refractivity contribution in [2.24, 2.45) is 5.73 Å². The first-order valence-electron chi connectivity index (χ1n) is 5.31. The maximum absolute atomic E-state index is 11.6. The fourth-order valence-electron chi connectivity index (χ4n) is 1.54. The summed E-state index contributed by atoms with van der Waals surface area (Å²) < 4.78 is 0. The number of halogens is 2. The molecule has 94 valence electrons. The van der Waals surface area contributed by atoms with Crippen LogP contribution in [0.2, 0.25) is 10.0 Å². The molecule has 0 bridgehead atoms. The van der Waals surface area contributed by atoms with E-state index >= 15 is 0 Å². The number of nitrogens with one attached hydrogen (secondary N) is 1. The van der Waals surface area contributed by atoms with Gasteiger partial charge in [0.25, 0.3) is 5.56 Å². The van der Waals surface area contributed by atoms with Gasteiger partial charge < -0.3 is 10.7 Å². The van der Waals surface area contributed by atoms with E-state index in [1.807, 2.05) is 6.07 Å². The Balaban J connectivity index is 2.29. The summed E-state index contributed by atoms with van der Waals surface area (Å²) in [4.78, 5) is 18.4. The van der Waals surface area contributed by atoms with E-state index in [0.717, 1.165) is 5.56 Å². The monoisotopic (exact) mass is 283 g/mol. The van der Waals surface area contributed by atoms with Crippen LogP contribution in [0.15, 0.2) is 29.2 Å². The van der Waals surface area contributed by atoms with Gasteiger partial charge >= 0.3 is 0 Å². The molecule has 6 heteroatoms. The van der Waals surface area contributed by atoms with E-state index in [1.54, 1.807) is 12.1 Å². The Morgan fingerprint density at radius 2 is 2.06 bits per heavy atom. The fraction of sp³-hybridized carbons (Fsp3) is 0.167. The minimum Gasteiger partial charge on any atom is -0.326 e. The number of benzene rings is 1. The molecule has 0 atom stereocenters. The van der Waals surface area contributed by atoms with Crippen LogP contribution in [-0.2, 0) is 13.0 Å². The van der Waals surface area contributed by atoms with Crippen molar-refractivity contribution in [3.63, 3.8) is 0 Å². The highest BCUT2D eigenvalue weighted by atomic mass is 35.5. The van der Waals surface area contributed by atoms with Gasteiger partial charge in [0.2, 0.25) is 0 Å². The van der Waals surface area contributed by atoms with Crippen LogP contribution in [0, 0.1) is 0 Å². The van der Waals surface area contributed by atoms with E-state index in [2.05, 4.69) is 9.97 Å². The van der Waals surface area contributed by atoms with Crippen LogP contribution in [-0.4, -0.2) is 9.97 Å². The topological polar surface area (TPSA) is 71.8 Å². The van der Waals surface area contributed by atoms with Crippen molar-refractivity contribution in [2.45, 2.75) is 13.0 Å². The predicted molar refractivity (Wildman–Crippen MR) is 72.0 cm³/mol. The molecule has 0 saturated carbocycles. The zero-order valence-electron chi connectivity index (χ0n) is 9.41. The lowest BCUT2D eigenvalue weighted by atomic mass is 10.1. The van der Waals surface area contributed by atoms with Gasteiger partial charge in [-0.05, 0) is 17.7 Å². The molecule has 18 heavy (non-hydrogen) atoms. The van der Waals surface area contributed by atoms with Crippen molar-refractivity contribution >= 4 is 23.2 Å². The first-order chi connectivity index (χ1) is 8.60. The molecule has 1 heterocycles. The number of aromatic amines is 1. The van der Waals surface area contributed by atoms with E-state index in [-0.39, 0.29) is 12.1 Å². The van der Waals surface area contributed by atoms with Crippen molar-refractivity contribution in [3.8, 4) is 0 Å². The molecular formula is C12H11Cl2N3O. The summed E-state index contributed by atoms with van der Waals surface area (Å²) in [5, 5.41) is 1.12. The van der Waals surface area contributed by atoms with E-state index in [1.165, 1.54) is 6.20 Å². The average molecular weight is 284 g/mol. The zero-order valence-corrected chi connectivity index (χ0v) is 10.9. The third kappa shape index (κ3) is 2.90. The van der Waals surface area contributed by atoms with Gasteiger partial charge in [-0.1, -0.05) is 29.3 Å². The maximum atomic E-state index is 11.6. The van der Waals surface area contributed by atoms with Crippen molar-refractivity contribution in [1.82, 2.24) is 9.97 Å². The van der Waals surface area contributed by atoms with Crippen LogP contribution in [0.1, 0.15) is 17.0 Å². The molecule has 0 amide bonds. The number of aromatic nitrogens is 2. The van der Waals surface area contributed by atoms with Gasteiger partial charge in [0.1, 0.15) is 5.82 Å². The lowest BCUT2D eigenvalue weighted by Gasteiger charge is -2.05. The summed E-state index contributed by atoms with van der Waals surface area (Å²) in [5.41, 5.74) is 6.49. The highest BCUT2D eigenvalue weighted by Crippen LogP contribution is 2.22. The van der Waals surface area contributed by atoms with Crippen LogP contribution in [0.25, 0.3) is 0 Å².